The minimum absolute atomic E-state index is 0.145. The summed E-state index contributed by atoms with van der Waals surface area (Å²) >= 11 is 0. The number of carbonyl (C=O) groups is 1. The van der Waals surface area contributed by atoms with Crippen molar-refractivity contribution < 1.29 is 4.79 Å². The van der Waals surface area contributed by atoms with Gasteiger partial charge in [-0.05, 0) is 48.6 Å². The second kappa shape index (κ2) is 8.10. The van der Waals surface area contributed by atoms with E-state index in [1.54, 1.807) is 0 Å². The van der Waals surface area contributed by atoms with Crippen LogP contribution in [0.2, 0.25) is 0 Å². The molecule has 2 aromatic carbocycles. The number of hydrogen-bond donors (Lipinski definition) is 2. The Balaban J connectivity index is 1.47. The number of hydrogen-bond acceptors (Lipinski definition) is 3. The second-order valence-electron chi connectivity index (χ2n) is 9.00. The fourth-order valence-electron chi connectivity index (χ4n) is 4.72. The number of rotatable bonds is 5. The average Bonchev–Trinajstić information content (AvgIpc) is 3.13. The maximum absolute atomic E-state index is 12.9. The highest BCUT2D eigenvalue weighted by Crippen LogP contribution is 2.39. The lowest BCUT2D eigenvalue weighted by molar-refractivity contribution is 0.0696. The lowest BCUT2D eigenvalue weighted by atomic mass is 9.89. The molecule has 0 atom stereocenters. The Bertz CT molecular complexity index is 828. The van der Waals surface area contributed by atoms with Crippen LogP contribution in [0.3, 0.4) is 0 Å². The first-order valence-corrected chi connectivity index (χ1v) is 11.0. The molecule has 0 saturated heterocycles. The Morgan fingerprint density at radius 2 is 1.59 bits per heavy atom. The standard InChI is InChI=1S/C25H33N3O/c1-18(2)25(26-22-11-7-8-12-23(22)27-25)17-19-13-15-20(16-14-19)24(29)28(3)21-9-5-4-6-10-21/h7-8,11-16,18,21,26-27H,4-6,9-10,17H2,1-3H3. The monoisotopic (exact) mass is 391 g/mol. The number of anilines is 2. The number of amides is 1. The van der Waals surface area contributed by atoms with Crippen molar-refractivity contribution >= 4 is 17.3 Å². The molecule has 0 bridgehead atoms. The van der Waals surface area contributed by atoms with Gasteiger partial charge in [0.25, 0.3) is 5.91 Å². The predicted molar refractivity (Wildman–Crippen MR) is 120 cm³/mol. The number of para-hydroxylation sites is 2. The van der Waals surface area contributed by atoms with Gasteiger partial charge < -0.3 is 15.5 Å². The zero-order valence-electron chi connectivity index (χ0n) is 17.9. The Morgan fingerprint density at radius 3 is 2.14 bits per heavy atom. The molecule has 29 heavy (non-hydrogen) atoms. The molecule has 2 N–H and O–H groups in total. The van der Waals surface area contributed by atoms with Crippen LogP contribution in [0.25, 0.3) is 0 Å². The van der Waals surface area contributed by atoms with E-state index in [2.05, 4.69) is 60.9 Å². The van der Waals surface area contributed by atoms with E-state index in [4.69, 9.17) is 0 Å². The Morgan fingerprint density at radius 1 is 1.00 bits per heavy atom. The summed E-state index contributed by atoms with van der Waals surface area (Å²) in [6, 6.07) is 17.0. The molecule has 1 aliphatic heterocycles. The van der Waals surface area contributed by atoms with Crippen LogP contribution < -0.4 is 10.6 Å². The molecule has 1 amide bonds. The molecule has 1 saturated carbocycles. The number of nitrogens with zero attached hydrogens (tertiary/aromatic N) is 1. The van der Waals surface area contributed by atoms with Gasteiger partial charge in [-0.25, -0.2) is 0 Å². The van der Waals surface area contributed by atoms with Gasteiger partial charge in [0.05, 0.1) is 11.4 Å². The van der Waals surface area contributed by atoms with Crippen LogP contribution in [0.4, 0.5) is 11.4 Å². The summed E-state index contributed by atoms with van der Waals surface area (Å²) in [4.78, 5) is 14.9. The molecule has 1 fully saturated rings. The van der Waals surface area contributed by atoms with E-state index < -0.39 is 0 Å². The molecule has 154 valence electrons. The van der Waals surface area contributed by atoms with Gasteiger partial charge in [-0.2, -0.15) is 0 Å². The molecule has 0 spiro atoms. The van der Waals surface area contributed by atoms with E-state index in [0.717, 1.165) is 36.2 Å². The van der Waals surface area contributed by atoms with E-state index in [1.807, 2.05) is 24.1 Å². The van der Waals surface area contributed by atoms with Crippen molar-refractivity contribution in [2.24, 2.45) is 5.92 Å². The largest absolute Gasteiger partial charge is 0.361 e. The van der Waals surface area contributed by atoms with Crippen molar-refractivity contribution in [2.75, 3.05) is 17.7 Å². The first-order valence-electron chi connectivity index (χ1n) is 11.0. The first kappa shape index (κ1) is 19.8. The van der Waals surface area contributed by atoms with Gasteiger partial charge in [-0.3, -0.25) is 4.79 Å². The van der Waals surface area contributed by atoms with Gasteiger partial charge in [0.2, 0.25) is 0 Å². The fraction of sp³-hybridized carbons (Fsp3) is 0.480. The zero-order chi connectivity index (χ0) is 20.4. The van der Waals surface area contributed by atoms with Crippen molar-refractivity contribution in [2.45, 2.75) is 64.1 Å². The quantitative estimate of drug-likeness (QED) is 0.705. The molecule has 2 aromatic rings. The molecule has 1 aliphatic carbocycles. The fourth-order valence-corrected chi connectivity index (χ4v) is 4.72. The lowest BCUT2D eigenvalue weighted by Crippen LogP contribution is -2.49. The Kier molecular flexibility index (Phi) is 5.53. The molecule has 4 rings (SSSR count). The third kappa shape index (κ3) is 3.98. The van der Waals surface area contributed by atoms with Crippen molar-refractivity contribution in [3.63, 3.8) is 0 Å². The van der Waals surface area contributed by atoms with Crippen LogP contribution in [-0.4, -0.2) is 29.6 Å². The van der Waals surface area contributed by atoms with E-state index in [9.17, 15) is 4.79 Å². The third-order valence-electron chi connectivity index (χ3n) is 6.75. The number of nitrogens with one attached hydrogen (secondary N) is 2. The minimum Gasteiger partial charge on any atom is -0.361 e. The summed E-state index contributed by atoms with van der Waals surface area (Å²) in [6.45, 7) is 4.48. The highest BCUT2D eigenvalue weighted by atomic mass is 16.2. The topological polar surface area (TPSA) is 44.4 Å². The summed E-state index contributed by atoms with van der Waals surface area (Å²) in [6.07, 6.45) is 6.90. The predicted octanol–water partition coefficient (Wildman–Crippen LogP) is 5.52. The van der Waals surface area contributed by atoms with Gasteiger partial charge in [0.15, 0.2) is 0 Å². The van der Waals surface area contributed by atoms with E-state index in [-0.39, 0.29) is 11.6 Å². The lowest BCUT2D eigenvalue weighted by Gasteiger charge is -2.35. The summed E-state index contributed by atoms with van der Waals surface area (Å²) in [5.41, 5.74) is 4.11. The van der Waals surface area contributed by atoms with Crippen LogP contribution in [0, 0.1) is 5.92 Å². The molecule has 0 radical (unpaired) electrons. The van der Waals surface area contributed by atoms with Crippen molar-refractivity contribution in [1.82, 2.24) is 4.90 Å². The van der Waals surface area contributed by atoms with Crippen molar-refractivity contribution in [1.29, 1.82) is 0 Å². The molecule has 0 aromatic heterocycles. The molecule has 4 heteroatoms. The maximum atomic E-state index is 12.9. The van der Waals surface area contributed by atoms with Gasteiger partial charge in [0.1, 0.15) is 5.66 Å². The van der Waals surface area contributed by atoms with Crippen LogP contribution in [-0.2, 0) is 6.42 Å². The molecule has 2 aliphatic rings. The Hall–Kier alpha value is -2.49. The van der Waals surface area contributed by atoms with Crippen LogP contribution in [0.1, 0.15) is 61.9 Å². The highest BCUT2D eigenvalue weighted by Gasteiger charge is 2.39. The van der Waals surface area contributed by atoms with Gasteiger partial charge >= 0.3 is 0 Å². The van der Waals surface area contributed by atoms with Crippen molar-refractivity contribution in [3.8, 4) is 0 Å². The normalized spacial score (nSPS) is 18.1. The van der Waals surface area contributed by atoms with E-state index in [1.165, 1.54) is 24.8 Å². The van der Waals surface area contributed by atoms with Crippen LogP contribution in [0.5, 0.6) is 0 Å². The molecular weight excluding hydrogens is 358 g/mol. The van der Waals surface area contributed by atoms with Gasteiger partial charge in [0, 0.05) is 25.1 Å². The number of benzene rings is 2. The molecule has 4 nitrogen and oxygen atoms in total. The van der Waals surface area contributed by atoms with Crippen molar-refractivity contribution in [3.05, 3.63) is 59.7 Å². The number of fused-ring (bicyclic) bond motifs is 1. The van der Waals surface area contributed by atoms with Crippen LogP contribution in [0.15, 0.2) is 48.5 Å². The Labute approximate surface area is 174 Å². The van der Waals surface area contributed by atoms with Gasteiger partial charge in [-0.15, -0.1) is 0 Å². The molecule has 1 heterocycles. The van der Waals surface area contributed by atoms with E-state index in [0.29, 0.717) is 12.0 Å². The molecular formula is C25H33N3O. The smallest absolute Gasteiger partial charge is 0.253 e. The summed E-state index contributed by atoms with van der Waals surface area (Å²) < 4.78 is 0. The SMILES string of the molecule is CC(C)C1(Cc2ccc(C(=O)N(C)C3CCCCC3)cc2)Nc2ccccc2N1. The van der Waals surface area contributed by atoms with Gasteiger partial charge in [-0.1, -0.05) is 57.4 Å². The first-order chi connectivity index (χ1) is 14.0. The number of carbonyl (C=O) groups excluding carboxylic acids is 1. The molecule has 0 unspecified atom stereocenters. The summed E-state index contributed by atoms with van der Waals surface area (Å²) in [7, 11) is 1.96. The second-order valence-corrected chi connectivity index (χ2v) is 9.00. The summed E-state index contributed by atoms with van der Waals surface area (Å²) in [5, 5.41) is 7.42. The average molecular weight is 392 g/mol. The summed E-state index contributed by atoms with van der Waals surface area (Å²) in [5.74, 6) is 0.542. The van der Waals surface area contributed by atoms with Crippen LogP contribution >= 0.6 is 0 Å². The van der Waals surface area contributed by atoms with E-state index >= 15 is 0 Å². The minimum atomic E-state index is -0.214. The zero-order valence-corrected chi connectivity index (χ0v) is 17.9. The third-order valence-corrected chi connectivity index (χ3v) is 6.75. The highest BCUT2D eigenvalue weighted by molar-refractivity contribution is 5.94. The maximum Gasteiger partial charge on any atom is 0.253 e.